The Bertz CT molecular complexity index is 1280. The highest BCUT2D eigenvalue weighted by Crippen LogP contribution is 2.33. The van der Waals surface area contributed by atoms with Gasteiger partial charge in [0, 0.05) is 45.4 Å². The molecule has 11 heteroatoms. The summed E-state index contributed by atoms with van der Waals surface area (Å²) in [6, 6.07) is 3.09. The lowest BCUT2D eigenvalue weighted by molar-refractivity contribution is -0.134. The second-order valence-electron chi connectivity index (χ2n) is 10.4. The summed E-state index contributed by atoms with van der Waals surface area (Å²) < 4.78 is 9.63. The van der Waals surface area contributed by atoms with Gasteiger partial charge in [0.05, 0.1) is 10.9 Å². The van der Waals surface area contributed by atoms with Gasteiger partial charge in [0.1, 0.15) is 12.4 Å². The summed E-state index contributed by atoms with van der Waals surface area (Å²) in [6.07, 6.45) is 7.26. The van der Waals surface area contributed by atoms with Gasteiger partial charge >= 0.3 is 5.69 Å². The number of hydrogen-bond acceptors (Lipinski definition) is 6. The van der Waals surface area contributed by atoms with Crippen LogP contribution in [0.1, 0.15) is 38.6 Å². The van der Waals surface area contributed by atoms with E-state index >= 15 is 0 Å². The first kappa shape index (κ1) is 26.8. The third-order valence-electron chi connectivity index (χ3n) is 6.43. The van der Waals surface area contributed by atoms with E-state index in [-0.39, 0.29) is 17.3 Å². The zero-order chi connectivity index (χ0) is 25.8. The molecular weight excluding hydrogens is 466 g/mol. The third-order valence-corrected chi connectivity index (χ3v) is 8.13. The van der Waals surface area contributed by atoms with E-state index in [9.17, 15) is 9.59 Å². The molecule has 1 aliphatic carbocycles. The Morgan fingerprint density at radius 3 is 2.49 bits per heavy atom. The fourth-order valence-corrected chi connectivity index (χ4v) is 5.27. The van der Waals surface area contributed by atoms with Gasteiger partial charge < -0.3 is 20.1 Å². The average Bonchev–Trinajstić information content (AvgIpc) is 3.19. The van der Waals surface area contributed by atoms with Gasteiger partial charge in [-0.25, -0.2) is 9.78 Å². The van der Waals surface area contributed by atoms with Crippen LogP contribution in [0.15, 0.2) is 28.0 Å². The summed E-state index contributed by atoms with van der Waals surface area (Å²) in [5, 5.41) is 8.68. The number of aliphatic carboxylic acids is 1. The van der Waals surface area contributed by atoms with Crippen LogP contribution in [0.2, 0.25) is 25.7 Å². The highest BCUT2D eigenvalue weighted by molar-refractivity contribution is 6.76. The van der Waals surface area contributed by atoms with Gasteiger partial charge in [0.25, 0.3) is 11.5 Å². The predicted molar refractivity (Wildman–Crippen MR) is 140 cm³/mol. The summed E-state index contributed by atoms with van der Waals surface area (Å²) in [5.41, 5.74) is 6.51. The van der Waals surface area contributed by atoms with E-state index < -0.39 is 14.0 Å². The second kappa shape index (κ2) is 11.3. The summed E-state index contributed by atoms with van der Waals surface area (Å²) in [4.78, 5) is 41.5. The minimum atomic E-state index is -1.15. The molecule has 4 N–H and O–H groups in total. The van der Waals surface area contributed by atoms with Crippen molar-refractivity contribution in [3.63, 3.8) is 0 Å². The van der Waals surface area contributed by atoms with Crippen molar-refractivity contribution < 1.29 is 14.6 Å². The summed E-state index contributed by atoms with van der Waals surface area (Å²) in [6.45, 7) is 9.87. The molecule has 0 aromatic carbocycles. The Labute approximate surface area is 205 Å². The van der Waals surface area contributed by atoms with Crippen LogP contribution in [-0.4, -0.2) is 51.4 Å². The largest absolute Gasteiger partial charge is 0.481 e. The highest BCUT2D eigenvalue weighted by Gasteiger charge is 2.25. The Morgan fingerprint density at radius 1 is 1.23 bits per heavy atom. The Kier molecular flexibility index (Phi) is 8.68. The quantitative estimate of drug-likeness (QED) is 0.332. The lowest BCUT2D eigenvalue weighted by Crippen LogP contribution is -2.35. The number of aromatic nitrogens is 4. The van der Waals surface area contributed by atoms with Crippen molar-refractivity contribution in [1.82, 2.24) is 19.1 Å². The van der Waals surface area contributed by atoms with E-state index in [1.165, 1.54) is 0 Å². The molecule has 3 aromatic heterocycles. The first-order chi connectivity index (χ1) is 16.5. The number of pyridine rings is 1. The number of carboxylic acids is 1. The Balaban J connectivity index is 0.000000795. The minimum Gasteiger partial charge on any atom is -0.481 e. The molecule has 0 aliphatic heterocycles. The highest BCUT2D eigenvalue weighted by atomic mass is 28.3. The lowest BCUT2D eigenvalue weighted by atomic mass is 9.86. The van der Waals surface area contributed by atoms with Crippen molar-refractivity contribution in [2.24, 2.45) is 11.7 Å². The molecule has 0 unspecified atom stereocenters. The molecule has 0 radical (unpaired) electrons. The predicted octanol–water partition coefficient (Wildman–Crippen LogP) is 3.13. The molecule has 1 fully saturated rings. The number of nitrogens with two attached hydrogens (primary N) is 1. The van der Waals surface area contributed by atoms with Crippen molar-refractivity contribution in [3.05, 3.63) is 39.3 Å². The minimum absolute atomic E-state index is 0.0524. The van der Waals surface area contributed by atoms with Gasteiger partial charge in [0.2, 0.25) is 0 Å². The van der Waals surface area contributed by atoms with E-state index in [4.69, 9.17) is 20.4 Å². The normalized spacial score (nSPS) is 18.4. The summed E-state index contributed by atoms with van der Waals surface area (Å²) in [7, 11) is -1.15. The van der Waals surface area contributed by atoms with Gasteiger partial charge in [-0.2, -0.15) is 0 Å². The molecule has 0 atom stereocenters. The van der Waals surface area contributed by atoms with E-state index in [2.05, 4.69) is 29.6 Å². The molecule has 4 rings (SSSR count). The number of rotatable bonds is 7. The van der Waals surface area contributed by atoms with Gasteiger partial charge in [-0.15, -0.1) is 0 Å². The molecule has 3 aromatic rings. The van der Waals surface area contributed by atoms with Crippen LogP contribution < -0.4 is 17.0 Å². The number of nitrogens with one attached hydrogen (secondary N) is 1. The average molecular weight is 504 g/mol. The fourth-order valence-electron chi connectivity index (χ4n) is 4.51. The van der Waals surface area contributed by atoms with E-state index in [0.717, 1.165) is 56.3 Å². The topological polar surface area (TPSA) is 145 Å². The molecular formula is C24H37N5O5Si. The van der Waals surface area contributed by atoms with Crippen LogP contribution >= 0.6 is 0 Å². The van der Waals surface area contributed by atoms with Crippen LogP contribution in [0.5, 0.6) is 0 Å². The first-order valence-corrected chi connectivity index (χ1v) is 15.8. The summed E-state index contributed by atoms with van der Waals surface area (Å²) in [5.74, 6) is -0.322. The SMILES string of the molecule is CC(=O)O.C[Si](C)(C)CCOCn1ccc2c1ncc1c(=O)[nH]c(=O)n(C3CCC(CN)CC3)c12. The van der Waals surface area contributed by atoms with Gasteiger partial charge in [-0.05, 0) is 50.3 Å². The maximum atomic E-state index is 12.9. The molecule has 1 saturated carbocycles. The Hall–Kier alpha value is -2.76. The monoisotopic (exact) mass is 503 g/mol. The fraction of sp³-hybridized carbons (Fsp3) is 0.583. The zero-order valence-electron chi connectivity index (χ0n) is 21.0. The second-order valence-corrected chi connectivity index (χ2v) is 16.1. The smallest absolute Gasteiger partial charge is 0.329 e. The maximum Gasteiger partial charge on any atom is 0.329 e. The van der Waals surface area contributed by atoms with Crippen LogP contribution in [0, 0.1) is 5.92 Å². The molecule has 0 amide bonds. The molecule has 0 saturated heterocycles. The number of carboxylic acid groups (broad SMARTS) is 1. The molecule has 10 nitrogen and oxygen atoms in total. The van der Waals surface area contributed by atoms with Gasteiger partial charge in [0.15, 0.2) is 0 Å². The number of nitrogens with zero attached hydrogens (tertiary/aromatic N) is 3. The number of hydrogen-bond donors (Lipinski definition) is 3. The van der Waals surface area contributed by atoms with Crippen LogP contribution in [0.3, 0.4) is 0 Å². The number of ether oxygens (including phenoxy) is 1. The van der Waals surface area contributed by atoms with Crippen molar-refractivity contribution in [1.29, 1.82) is 0 Å². The molecule has 192 valence electrons. The number of fused-ring (bicyclic) bond motifs is 3. The van der Waals surface area contributed by atoms with E-state index in [1.54, 1.807) is 10.8 Å². The number of aromatic amines is 1. The Morgan fingerprint density at radius 2 is 1.89 bits per heavy atom. The van der Waals surface area contributed by atoms with Crippen LogP contribution in [-0.2, 0) is 16.3 Å². The molecule has 0 bridgehead atoms. The molecule has 3 heterocycles. The first-order valence-electron chi connectivity index (χ1n) is 12.1. The third kappa shape index (κ3) is 6.68. The summed E-state index contributed by atoms with van der Waals surface area (Å²) >= 11 is 0. The maximum absolute atomic E-state index is 12.9. The van der Waals surface area contributed by atoms with Gasteiger partial charge in [-0.1, -0.05) is 19.6 Å². The number of carbonyl (C=O) groups is 1. The van der Waals surface area contributed by atoms with Crippen LogP contribution in [0.4, 0.5) is 0 Å². The zero-order valence-corrected chi connectivity index (χ0v) is 22.0. The molecule has 1 aliphatic rings. The van der Waals surface area contributed by atoms with E-state index in [0.29, 0.717) is 30.1 Å². The molecule has 0 spiro atoms. The van der Waals surface area contributed by atoms with Gasteiger partial charge in [-0.3, -0.25) is 19.1 Å². The van der Waals surface area contributed by atoms with Crippen molar-refractivity contribution >= 4 is 36.0 Å². The van der Waals surface area contributed by atoms with Crippen LogP contribution in [0.25, 0.3) is 21.9 Å². The van der Waals surface area contributed by atoms with Crippen molar-refractivity contribution in [2.45, 2.75) is 71.1 Å². The van der Waals surface area contributed by atoms with E-state index in [1.807, 2.05) is 16.8 Å². The van der Waals surface area contributed by atoms with Crippen molar-refractivity contribution in [3.8, 4) is 0 Å². The number of H-pyrrole nitrogens is 1. The van der Waals surface area contributed by atoms with Crippen molar-refractivity contribution in [2.75, 3.05) is 13.2 Å². The standard InChI is InChI=1S/C22H33N5O3Si.C2H4O2/c1-31(2,3)11-10-30-14-26-9-8-17-19-18(13-24-20(17)26)21(28)25-22(29)27(19)16-6-4-15(12-23)5-7-16;1-2(3)4/h8-9,13,15-16H,4-7,10-12,14,23H2,1-3H3,(H,25,28,29);1H3,(H,3,4). The molecule has 35 heavy (non-hydrogen) atoms. The lowest BCUT2D eigenvalue weighted by Gasteiger charge is -2.29.